The molecule has 0 aliphatic carbocycles. The highest BCUT2D eigenvalue weighted by atomic mass is 79.9. The molecule has 1 aromatic carbocycles. The van der Waals surface area contributed by atoms with E-state index >= 15 is 0 Å². The van der Waals surface area contributed by atoms with Gasteiger partial charge < -0.3 is 0 Å². The minimum Gasteiger partial charge on any atom is -0.293 e. The van der Waals surface area contributed by atoms with Crippen molar-refractivity contribution in [2.45, 2.75) is 18.2 Å². The Balaban J connectivity index is 1.83. The lowest BCUT2D eigenvalue weighted by Gasteiger charge is -2.09. The molecular formula is C18H15BrN2O3S2. The average molecular weight is 451 g/mol. The number of benzene rings is 1. The number of Topliss-reactive ketones (excluding diaryl/α,β-unsaturated/α-hetero) is 1. The summed E-state index contributed by atoms with van der Waals surface area (Å²) in [4.78, 5) is 17.3. The number of ketones is 1. The molecule has 0 bridgehead atoms. The van der Waals surface area contributed by atoms with Gasteiger partial charge in [-0.25, -0.2) is 8.42 Å². The first-order valence-corrected chi connectivity index (χ1v) is 10.8. The number of aryl methyl sites for hydroxylation is 1. The van der Waals surface area contributed by atoms with Crippen molar-refractivity contribution in [2.24, 2.45) is 0 Å². The van der Waals surface area contributed by atoms with E-state index in [1.807, 2.05) is 13.0 Å². The van der Waals surface area contributed by atoms with Crippen LogP contribution in [0.4, 0.5) is 5.69 Å². The predicted molar refractivity (Wildman–Crippen MR) is 106 cm³/mol. The van der Waals surface area contributed by atoms with Crippen LogP contribution in [0.25, 0.3) is 0 Å². The van der Waals surface area contributed by atoms with Gasteiger partial charge in [-0.1, -0.05) is 17.7 Å². The number of thiophene rings is 1. The monoisotopic (exact) mass is 450 g/mol. The Hall–Kier alpha value is -2.03. The van der Waals surface area contributed by atoms with Crippen LogP contribution in [0, 0.1) is 6.92 Å². The largest absolute Gasteiger partial charge is 0.293 e. The van der Waals surface area contributed by atoms with Gasteiger partial charge >= 0.3 is 0 Å². The summed E-state index contributed by atoms with van der Waals surface area (Å²) in [6.07, 6.45) is 1.70. The van der Waals surface area contributed by atoms with E-state index in [9.17, 15) is 13.2 Å². The quantitative estimate of drug-likeness (QED) is 0.563. The third-order valence-corrected chi connectivity index (χ3v) is 6.72. The molecule has 0 saturated heterocycles. The number of pyridine rings is 1. The molecular weight excluding hydrogens is 436 g/mol. The Morgan fingerprint density at radius 3 is 2.62 bits per heavy atom. The maximum Gasteiger partial charge on any atom is 0.261 e. The zero-order chi connectivity index (χ0) is 18.7. The molecule has 2 heterocycles. The summed E-state index contributed by atoms with van der Waals surface area (Å²) in [5.41, 5.74) is 1.86. The molecule has 0 fully saturated rings. The number of hydrogen-bond donors (Lipinski definition) is 1. The van der Waals surface area contributed by atoms with Crippen molar-refractivity contribution in [3.8, 4) is 0 Å². The lowest BCUT2D eigenvalue weighted by molar-refractivity contribution is 0.0996. The van der Waals surface area contributed by atoms with E-state index < -0.39 is 10.0 Å². The van der Waals surface area contributed by atoms with Gasteiger partial charge in [-0.05, 0) is 58.6 Å². The van der Waals surface area contributed by atoms with E-state index in [4.69, 9.17) is 0 Å². The SMILES string of the molecule is Cc1ccc(S(=O)(=O)Nc2ccsc2C(=O)Cc2ncccc2Br)cc1. The molecule has 0 aliphatic heterocycles. The molecule has 0 unspecified atom stereocenters. The number of anilines is 1. The zero-order valence-corrected chi connectivity index (χ0v) is 17.0. The first kappa shape index (κ1) is 18.8. The second kappa shape index (κ2) is 7.69. The number of carbonyl (C=O) groups is 1. The fraction of sp³-hybridized carbons (Fsp3) is 0.111. The number of carbonyl (C=O) groups excluding carboxylic acids is 1. The van der Waals surface area contributed by atoms with Crippen molar-refractivity contribution in [3.05, 3.63) is 74.6 Å². The molecule has 134 valence electrons. The number of halogens is 1. The number of sulfonamides is 1. The molecule has 0 radical (unpaired) electrons. The molecule has 3 rings (SSSR count). The van der Waals surface area contributed by atoms with Crippen LogP contribution in [0.5, 0.6) is 0 Å². The third kappa shape index (κ3) is 4.20. The Morgan fingerprint density at radius 1 is 1.19 bits per heavy atom. The lowest BCUT2D eigenvalue weighted by Crippen LogP contribution is -2.15. The molecule has 8 heteroatoms. The van der Waals surface area contributed by atoms with Crippen LogP contribution in [-0.4, -0.2) is 19.2 Å². The van der Waals surface area contributed by atoms with Crippen molar-refractivity contribution in [1.82, 2.24) is 4.98 Å². The van der Waals surface area contributed by atoms with Gasteiger partial charge in [0.15, 0.2) is 5.78 Å². The third-order valence-electron chi connectivity index (χ3n) is 3.66. The van der Waals surface area contributed by atoms with Gasteiger partial charge in [0.2, 0.25) is 0 Å². The topological polar surface area (TPSA) is 76.1 Å². The van der Waals surface area contributed by atoms with Gasteiger partial charge in [0, 0.05) is 10.7 Å². The van der Waals surface area contributed by atoms with E-state index in [1.54, 1.807) is 35.8 Å². The normalized spacial score (nSPS) is 11.3. The van der Waals surface area contributed by atoms with Crippen LogP contribution < -0.4 is 4.72 Å². The summed E-state index contributed by atoms with van der Waals surface area (Å²) in [7, 11) is -3.76. The second-order valence-corrected chi connectivity index (χ2v) is 9.07. The molecule has 5 nitrogen and oxygen atoms in total. The number of nitrogens with one attached hydrogen (secondary N) is 1. The Labute approximate surface area is 164 Å². The molecule has 26 heavy (non-hydrogen) atoms. The number of hydrogen-bond acceptors (Lipinski definition) is 5. The highest BCUT2D eigenvalue weighted by Gasteiger charge is 2.21. The Bertz CT molecular complexity index is 1040. The molecule has 0 aliphatic rings. The first-order chi connectivity index (χ1) is 12.4. The fourth-order valence-electron chi connectivity index (χ4n) is 2.31. The first-order valence-electron chi connectivity index (χ1n) is 7.66. The Kier molecular flexibility index (Phi) is 5.55. The van der Waals surface area contributed by atoms with Gasteiger partial charge in [-0.3, -0.25) is 14.5 Å². The van der Waals surface area contributed by atoms with Gasteiger partial charge in [0.05, 0.1) is 27.6 Å². The molecule has 0 amide bonds. The summed E-state index contributed by atoms with van der Waals surface area (Å²) >= 11 is 4.57. The number of rotatable bonds is 6. The fourth-order valence-corrected chi connectivity index (χ4v) is 4.63. The second-order valence-electron chi connectivity index (χ2n) is 5.61. The van der Waals surface area contributed by atoms with Crippen LogP contribution >= 0.6 is 27.3 Å². The van der Waals surface area contributed by atoms with E-state index in [0.717, 1.165) is 10.0 Å². The molecule has 0 saturated carbocycles. The summed E-state index contributed by atoms with van der Waals surface area (Å²) in [6, 6.07) is 11.7. The van der Waals surface area contributed by atoms with Crippen molar-refractivity contribution in [1.29, 1.82) is 0 Å². The van der Waals surface area contributed by atoms with E-state index in [-0.39, 0.29) is 22.8 Å². The van der Waals surface area contributed by atoms with Gasteiger partial charge in [0.25, 0.3) is 10.0 Å². The van der Waals surface area contributed by atoms with Crippen LogP contribution in [0.15, 0.2) is 63.4 Å². The van der Waals surface area contributed by atoms with Crippen LogP contribution in [-0.2, 0) is 16.4 Å². The molecule has 2 aromatic heterocycles. The van der Waals surface area contributed by atoms with Gasteiger partial charge in [-0.2, -0.15) is 0 Å². The van der Waals surface area contributed by atoms with Crippen molar-refractivity contribution in [2.75, 3.05) is 4.72 Å². The van der Waals surface area contributed by atoms with Crippen LogP contribution in [0.1, 0.15) is 20.9 Å². The Morgan fingerprint density at radius 2 is 1.92 bits per heavy atom. The van der Waals surface area contributed by atoms with Crippen molar-refractivity contribution < 1.29 is 13.2 Å². The number of nitrogens with zero attached hydrogens (tertiary/aromatic N) is 1. The highest BCUT2D eigenvalue weighted by Crippen LogP contribution is 2.27. The average Bonchev–Trinajstić information content (AvgIpc) is 3.05. The van der Waals surface area contributed by atoms with E-state index in [1.165, 1.54) is 23.5 Å². The maximum atomic E-state index is 12.6. The van der Waals surface area contributed by atoms with Crippen LogP contribution in [0.3, 0.4) is 0 Å². The molecule has 0 atom stereocenters. The number of aromatic nitrogens is 1. The minimum atomic E-state index is -3.76. The molecule has 3 aromatic rings. The highest BCUT2D eigenvalue weighted by molar-refractivity contribution is 9.10. The summed E-state index contributed by atoms with van der Waals surface area (Å²) in [5.74, 6) is -0.194. The summed E-state index contributed by atoms with van der Waals surface area (Å²) < 4.78 is 28.4. The smallest absolute Gasteiger partial charge is 0.261 e. The molecule has 0 spiro atoms. The summed E-state index contributed by atoms with van der Waals surface area (Å²) in [5, 5.41) is 1.69. The van der Waals surface area contributed by atoms with Gasteiger partial charge in [-0.15, -0.1) is 11.3 Å². The minimum absolute atomic E-state index is 0.0845. The zero-order valence-electron chi connectivity index (χ0n) is 13.8. The predicted octanol–water partition coefficient (Wildman–Crippen LogP) is 4.44. The van der Waals surface area contributed by atoms with E-state index in [2.05, 4.69) is 25.6 Å². The van der Waals surface area contributed by atoms with E-state index in [0.29, 0.717) is 10.6 Å². The maximum absolute atomic E-state index is 12.6. The summed E-state index contributed by atoms with van der Waals surface area (Å²) in [6.45, 7) is 1.88. The van der Waals surface area contributed by atoms with Gasteiger partial charge in [0.1, 0.15) is 0 Å². The molecule has 1 N–H and O–H groups in total. The lowest BCUT2D eigenvalue weighted by atomic mass is 10.1. The van der Waals surface area contributed by atoms with Crippen LogP contribution in [0.2, 0.25) is 0 Å². The standard InChI is InChI=1S/C18H15BrN2O3S2/c1-12-4-6-13(7-5-12)26(23,24)21-15-8-10-25-18(15)17(22)11-16-14(19)3-2-9-20-16/h2-10,21H,11H2,1H3. The van der Waals surface area contributed by atoms with Crippen molar-refractivity contribution in [3.63, 3.8) is 0 Å². The van der Waals surface area contributed by atoms with Crippen molar-refractivity contribution >= 4 is 48.8 Å².